The molecule has 2 nitrogen and oxygen atoms in total. The fourth-order valence-corrected chi connectivity index (χ4v) is 3.66. The molecule has 1 aromatic carbocycles. The van der Waals surface area contributed by atoms with Crippen LogP contribution in [0.3, 0.4) is 0 Å². The van der Waals surface area contributed by atoms with Gasteiger partial charge in [0.05, 0.1) is 0 Å². The van der Waals surface area contributed by atoms with Crippen molar-refractivity contribution in [2.75, 3.05) is 26.2 Å². The zero-order valence-corrected chi connectivity index (χ0v) is 12.1. The van der Waals surface area contributed by atoms with Crippen molar-refractivity contribution in [2.45, 2.75) is 44.6 Å². The zero-order chi connectivity index (χ0) is 13.1. The molecule has 2 atom stereocenters. The van der Waals surface area contributed by atoms with E-state index in [1.165, 1.54) is 51.0 Å². The molecule has 1 aromatic rings. The maximum atomic E-state index is 3.45. The molecule has 0 bridgehead atoms. The minimum atomic E-state index is 0.797. The van der Waals surface area contributed by atoms with Crippen LogP contribution in [0.25, 0.3) is 0 Å². The van der Waals surface area contributed by atoms with Gasteiger partial charge in [-0.25, -0.2) is 0 Å². The molecule has 1 aliphatic carbocycles. The van der Waals surface area contributed by atoms with Crippen LogP contribution in [0.15, 0.2) is 24.3 Å². The predicted octanol–water partition coefficient (Wildman–Crippen LogP) is 2.79. The molecule has 0 aromatic heterocycles. The van der Waals surface area contributed by atoms with Gasteiger partial charge in [-0.1, -0.05) is 31.2 Å². The Bertz CT molecular complexity index is 392. The Labute approximate surface area is 117 Å². The summed E-state index contributed by atoms with van der Waals surface area (Å²) in [6, 6.07) is 10.2. The lowest BCUT2D eigenvalue weighted by Crippen LogP contribution is -2.47. The van der Waals surface area contributed by atoms with E-state index in [0.717, 1.165) is 18.4 Å². The molecule has 0 spiro atoms. The SMILES string of the molecule is CCc1ccc(C2CCC(N3CCNCC3)C2)cc1. The molecular formula is C17H26N2. The molecule has 2 unspecified atom stereocenters. The molecule has 1 aliphatic heterocycles. The van der Waals surface area contributed by atoms with Crippen LogP contribution in [0, 0.1) is 0 Å². The number of benzene rings is 1. The minimum Gasteiger partial charge on any atom is -0.314 e. The van der Waals surface area contributed by atoms with E-state index in [-0.39, 0.29) is 0 Å². The van der Waals surface area contributed by atoms with Crippen LogP contribution in [0.2, 0.25) is 0 Å². The van der Waals surface area contributed by atoms with Gasteiger partial charge in [0.15, 0.2) is 0 Å². The molecule has 1 saturated heterocycles. The summed E-state index contributed by atoms with van der Waals surface area (Å²) in [5.41, 5.74) is 3.02. The van der Waals surface area contributed by atoms with Crippen molar-refractivity contribution >= 4 is 0 Å². The van der Waals surface area contributed by atoms with Crippen LogP contribution in [0.4, 0.5) is 0 Å². The number of nitrogens with zero attached hydrogens (tertiary/aromatic N) is 1. The second kappa shape index (κ2) is 6.06. The summed E-state index contributed by atoms with van der Waals surface area (Å²) in [7, 11) is 0. The Hall–Kier alpha value is -0.860. The topological polar surface area (TPSA) is 15.3 Å². The predicted molar refractivity (Wildman–Crippen MR) is 80.6 cm³/mol. The van der Waals surface area contributed by atoms with Crippen LogP contribution < -0.4 is 5.32 Å². The first kappa shape index (κ1) is 13.1. The number of aryl methyl sites for hydroxylation is 1. The molecule has 0 amide bonds. The number of rotatable bonds is 3. The van der Waals surface area contributed by atoms with Crippen LogP contribution in [-0.4, -0.2) is 37.1 Å². The maximum Gasteiger partial charge on any atom is 0.0110 e. The molecule has 1 N–H and O–H groups in total. The van der Waals surface area contributed by atoms with Crippen molar-refractivity contribution in [3.8, 4) is 0 Å². The third-order valence-electron chi connectivity index (χ3n) is 4.93. The fourth-order valence-electron chi connectivity index (χ4n) is 3.66. The van der Waals surface area contributed by atoms with Gasteiger partial charge in [0.2, 0.25) is 0 Å². The molecule has 2 heteroatoms. The van der Waals surface area contributed by atoms with E-state index >= 15 is 0 Å². The Morgan fingerprint density at radius 2 is 1.84 bits per heavy atom. The van der Waals surface area contributed by atoms with Gasteiger partial charge in [0.1, 0.15) is 0 Å². The standard InChI is InChI=1S/C17H26N2/c1-2-14-3-5-15(6-4-14)16-7-8-17(13-16)19-11-9-18-10-12-19/h3-6,16-18H,2,7-13H2,1H3. The summed E-state index contributed by atoms with van der Waals surface area (Å²) in [6.07, 6.45) is 5.28. The van der Waals surface area contributed by atoms with Crippen molar-refractivity contribution in [3.05, 3.63) is 35.4 Å². The quantitative estimate of drug-likeness (QED) is 0.897. The summed E-state index contributed by atoms with van der Waals surface area (Å²) in [4.78, 5) is 2.71. The van der Waals surface area contributed by atoms with Gasteiger partial charge >= 0.3 is 0 Å². The molecule has 104 valence electrons. The maximum absolute atomic E-state index is 3.45. The average Bonchev–Trinajstić information content (AvgIpc) is 2.98. The first-order valence-corrected chi connectivity index (χ1v) is 7.90. The molecule has 19 heavy (non-hydrogen) atoms. The van der Waals surface area contributed by atoms with E-state index in [4.69, 9.17) is 0 Å². The lowest BCUT2D eigenvalue weighted by molar-refractivity contribution is 0.174. The Kier molecular flexibility index (Phi) is 4.19. The third kappa shape index (κ3) is 3.01. The largest absolute Gasteiger partial charge is 0.314 e. The molecule has 2 aliphatic rings. The number of nitrogens with one attached hydrogen (secondary N) is 1. The van der Waals surface area contributed by atoms with E-state index in [0.29, 0.717) is 0 Å². The molecule has 1 heterocycles. The monoisotopic (exact) mass is 258 g/mol. The average molecular weight is 258 g/mol. The summed E-state index contributed by atoms with van der Waals surface area (Å²) in [5.74, 6) is 0.797. The lowest BCUT2D eigenvalue weighted by Gasteiger charge is -2.32. The van der Waals surface area contributed by atoms with E-state index in [1.54, 1.807) is 5.56 Å². The summed E-state index contributed by atoms with van der Waals surface area (Å²) < 4.78 is 0. The number of hydrogen-bond acceptors (Lipinski definition) is 2. The van der Waals surface area contributed by atoms with Crippen molar-refractivity contribution in [3.63, 3.8) is 0 Å². The van der Waals surface area contributed by atoms with Crippen molar-refractivity contribution in [1.82, 2.24) is 10.2 Å². The zero-order valence-electron chi connectivity index (χ0n) is 12.1. The van der Waals surface area contributed by atoms with Gasteiger partial charge in [-0.15, -0.1) is 0 Å². The molecular weight excluding hydrogens is 232 g/mol. The van der Waals surface area contributed by atoms with Gasteiger partial charge in [-0.3, -0.25) is 4.90 Å². The second-order valence-corrected chi connectivity index (χ2v) is 6.04. The van der Waals surface area contributed by atoms with E-state index < -0.39 is 0 Å². The lowest BCUT2D eigenvalue weighted by atomic mass is 9.96. The summed E-state index contributed by atoms with van der Waals surface area (Å²) in [5, 5.41) is 3.45. The third-order valence-corrected chi connectivity index (χ3v) is 4.93. The van der Waals surface area contributed by atoms with Gasteiger partial charge in [0, 0.05) is 32.2 Å². The van der Waals surface area contributed by atoms with Gasteiger partial charge in [0.25, 0.3) is 0 Å². The first-order chi connectivity index (χ1) is 9.36. The Morgan fingerprint density at radius 1 is 1.11 bits per heavy atom. The number of piperazine rings is 1. The second-order valence-electron chi connectivity index (χ2n) is 6.04. The highest BCUT2D eigenvalue weighted by Gasteiger charge is 2.30. The van der Waals surface area contributed by atoms with Gasteiger partial charge in [-0.05, 0) is 42.7 Å². The van der Waals surface area contributed by atoms with Crippen LogP contribution >= 0.6 is 0 Å². The van der Waals surface area contributed by atoms with E-state index in [1.807, 2.05) is 0 Å². The Morgan fingerprint density at radius 3 is 2.53 bits per heavy atom. The molecule has 3 rings (SSSR count). The number of hydrogen-bond donors (Lipinski definition) is 1. The highest BCUT2D eigenvalue weighted by atomic mass is 15.2. The highest BCUT2D eigenvalue weighted by molar-refractivity contribution is 5.26. The van der Waals surface area contributed by atoms with Crippen LogP contribution in [0.1, 0.15) is 43.2 Å². The van der Waals surface area contributed by atoms with E-state index in [9.17, 15) is 0 Å². The molecule has 0 radical (unpaired) electrons. The normalized spacial score (nSPS) is 28.7. The molecule has 1 saturated carbocycles. The van der Waals surface area contributed by atoms with Crippen LogP contribution in [-0.2, 0) is 6.42 Å². The van der Waals surface area contributed by atoms with Crippen molar-refractivity contribution in [2.24, 2.45) is 0 Å². The van der Waals surface area contributed by atoms with Crippen molar-refractivity contribution < 1.29 is 0 Å². The van der Waals surface area contributed by atoms with E-state index in [2.05, 4.69) is 41.4 Å². The smallest absolute Gasteiger partial charge is 0.0110 e. The van der Waals surface area contributed by atoms with Gasteiger partial charge < -0.3 is 5.32 Å². The molecule has 2 fully saturated rings. The summed E-state index contributed by atoms with van der Waals surface area (Å²) in [6.45, 7) is 7.06. The highest BCUT2D eigenvalue weighted by Crippen LogP contribution is 2.37. The van der Waals surface area contributed by atoms with Crippen LogP contribution in [0.5, 0.6) is 0 Å². The minimum absolute atomic E-state index is 0.797. The Balaban J connectivity index is 1.61. The summed E-state index contributed by atoms with van der Waals surface area (Å²) >= 11 is 0. The van der Waals surface area contributed by atoms with Crippen molar-refractivity contribution in [1.29, 1.82) is 0 Å². The van der Waals surface area contributed by atoms with Gasteiger partial charge in [-0.2, -0.15) is 0 Å². The fraction of sp³-hybridized carbons (Fsp3) is 0.647. The first-order valence-electron chi connectivity index (χ1n) is 7.90.